The summed E-state index contributed by atoms with van der Waals surface area (Å²) in [5.74, 6) is -0.910. The Bertz CT molecular complexity index is 755. The van der Waals surface area contributed by atoms with Crippen LogP contribution in [0.25, 0.3) is 0 Å². The Balaban J connectivity index is 2.13. The highest BCUT2D eigenvalue weighted by Gasteiger charge is 2.22. The number of nitrogens with zero attached hydrogens (tertiary/aromatic N) is 2. The second-order valence-corrected chi connectivity index (χ2v) is 4.98. The topological polar surface area (TPSA) is 113 Å². The third-order valence-corrected chi connectivity index (χ3v) is 3.47. The number of ether oxygens (including phenoxy) is 1. The quantitative estimate of drug-likeness (QED) is 0.346. The average Bonchev–Trinajstić information content (AvgIpc) is 2.56. The second-order valence-electron chi connectivity index (χ2n) is 4.98. The van der Waals surface area contributed by atoms with E-state index in [4.69, 9.17) is 4.74 Å². The third-order valence-electron chi connectivity index (χ3n) is 3.47. The van der Waals surface area contributed by atoms with Crippen LogP contribution in [0, 0.1) is 20.2 Å². The van der Waals surface area contributed by atoms with E-state index in [0.29, 0.717) is 12.0 Å². The Kier molecular flexibility index (Phi) is 5.20. The molecule has 0 fully saturated rings. The van der Waals surface area contributed by atoms with Gasteiger partial charge in [0.15, 0.2) is 0 Å². The zero-order valence-electron chi connectivity index (χ0n) is 12.7. The van der Waals surface area contributed by atoms with Crippen molar-refractivity contribution in [1.82, 2.24) is 0 Å². The van der Waals surface area contributed by atoms with Crippen molar-refractivity contribution in [2.45, 2.75) is 19.3 Å². The molecule has 24 heavy (non-hydrogen) atoms. The van der Waals surface area contributed by atoms with Gasteiger partial charge in [-0.2, -0.15) is 0 Å². The molecule has 2 aromatic carbocycles. The fraction of sp³-hybridized carbons (Fsp3) is 0.188. The number of hydrogen-bond donors (Lipinski definition) is 0. The van der Waals surface area contributed by atoms with Gasteiger partial charge in [-0.25, -0.2) is 0 Å². The van der Waals surface area contributed by atoms with Crippen molar-refractivity contribution >= 4 is 17.3 Å². The van der Waals surface area contributed by atoms with Gasteiger partial charge in [-0.3, -0.25) is 25.0 Å². The van der Waals surface area contributed by atoms with Crippen molar-refractivity contribution in [2.75, 3.05) is 0 Å². The van der Waals surface area contributed by atoms with E-state index in [-0.39, 0.29) is 17.1 Å². The number of esters is 1. The molecule has 0 N–H and O–H groups in total. The smallest absolute Gasteiger partial charge is 0.318 e. The zero-order valence-corrected chi connectivity index (χ0v) is 12.7. The molecule has 0 bridgehead atoms. The van der Waals surface area contributed by atoms with E-state index in [0.717, 1.165) is 0 Å². The van der Waals surface area contributed by atoms with Crippen molar-refractivity contribution in [2.24, 2.45) is 0 Å². The number of non-ortho nitro benzene ring substituents is 2. The van der Waals surface area contributed by atoms with Crippen molar-refractivity contribution in [3.63, 3.8) is 0 Å². The molecule has 2 aromatic rings. The summed E-state index contributed by atoms with van der Waals surface area (Å²) < 4.78 is 5.24. The molecule has 0 saturated heterocycles. The first-order chi connectivity index (χ1) is 11.4. The molecule has 0 saturated carbocycles. The van der Waals surface area contributed by atoms with E-state index in [2.05, 4.69) is 0 Å². The zero-order chi connectivity index (χ0) is 17.7. The van der Waals surface area contributed by atoms with Gasteiger partial charge in [0.05, 0.1) is 15.8 Å². The van der Waals surface area contributed by atoms with Crippen molar-refractivity contribution < 1.29 is 19.4 Å². The van der Waals surface area contributed by atoms with Gasteiger partial charge in [-0.15, -0.1) is 0 Å². The Hall–Kier alpha value is -3.29. The van der Waals surface area contributed by atoms with Crippen LogP contribution in [0.4, 0.5) is 11.4 Å². The van der Waals surface area contributed by atoms with Crippen molar-refractivity contribution in [1.29, 1.82) is 0 Å². The van der Waals surface area contributed by atoms with Gasteiger partial charge in [0.2, 0.25) is 0 Å². The van der Waals surface area contributed by atoms with E-state index in [1.54, 1.807) is 6.92 Å². The average molecular weight is 330 g/mol. The Morgan fingerprint density at radius 3 is 1.83 bits per heavy atom. The summed E-state index contributed by atoms with van der Waals surface area (Å²) in [6, 6.07) is 10.9. The maximum absolute atomic E-state index is 12.3. The summed E-state index contributed by atoms with van der Waals surface area (Å²) in [4.78, 5) is 32.5. The number of carbonyl (C=O) groups excluding carboxylic acids is 1. The molecule has 0 radical (unpaired) electrons. The molecule has 1 atom stereocenters. The summed E-state index contributed by atoms with van der Waals surface area (Å²) in [5.41, 5.74) is 0.449. The van der Waals surface area contributed by atoms with Gasteiger partial charge in [0.1, 0.15) is 5.75 Å². The van der Waals surface area contributed by atoms with Crippen LogP contribution >= 0.6 is 0 Å². The molecule has 0 amide bonds. The van der Waals surface area contributed by atoms with Crippen LogP contribution in [0.1, 0.15) is 24.8 Å². The fourth-order valence-corrected chi connectivity index (χ4v) is 2.19. The van der Waals surface area contributed by atoms with E-state index in [1.807, 2.05) is 0 Å². The van der Waals surface area contributed by atoms with E-state index < -0.39 is 21.7 Å². The molecule has 0 spiro atoms. The van der Waals surface area contributed by atoms with Gasteiger partial charge in [0.25, 0.3) is 11.4 Å². The van der Waals surface area contributed by atoms with Gasteiger partial charge < -0.3 is 4.74 Å². The highest BCUT2D eigenvalue weighted by atomic mass is 16.6. The lowest BCUT2D eigenvalue weighted by molar-refractivity contribution is -0.385. The first kappa shape index (κ1) is 17.1. The minimum absolute atomic E-state index is 0.0580. The standard InChI is InChI=1S/C16H14N2O6/c1-2-15(11-3-5-12(6-4-11)17(20)21)16(19)24-14-9-7-13(8-10-14)18(22)23/h3-10,15H,2H2,1H3. The first-order valence-electron chi connectivity index (χ1n) is 7.13. The van der Waals surface area contributed by atoms with E-state index in [9.17, 15) is 25.0 Å². The number of nitro benzene ring substituents is 2. The summed E-state index contributed by atoms with van der Waals surface area (Å²) in [5, 5.41) is 21.3. The predicted molar refractivity (Wildman–Crippen MR) is 84.9 cm³/mol. The SMILES string of the molecule is CCC(C(=O)Oc1ccc([N+](=O)[O-])cc1)c1ccc([N+](=O)[O-])cc1. The lowest BCUT2D eigenvalue weighted by Crippen LogP contribution is -2.18. The number of nitro groups is 2. The molecular formula is C16H14N2O6. The Labute approximate surface area is 137 Å². The second kappa shape index (κ2) is 7.32. The number of hydrogen-bond acceptors (Lipinski definition) is 6. The van der Waals surface area contributed by atoms with E-state index in [1.165, 1.54) is 48.5 Å². The summed E-state index contributed by atoms with van der Waals surface area (Å²) in [6.07, 6.45) is 0.448. The van der Waals surface area contributed by atoms with Crippen LogP contribution in [0.2, 0.25) is 0 Å². The van der Waals surface area contributed by atoms with Crippen LogP contribution in [0.5, 0.6) is 5.75 Å². The molecule has 8 heteroatoms. The summed E-state index contributed by atoms with van der Waals surface area (Å²) >= 11 is 0. The summed E-state index contributed by atoms with van der Waals surface area (Å²) in [6.45, 7) is 1.79. The van der Waals surface area contributed by atoms with Crippen LogP contribution in [-0.2, 0) is 4.79 Å². The van der Waals surface area contributed by atoms with Gasteiger partial charge in [0, 0.05) is 24.3 Å². The molecule has 8 nitrogen and oxygen atoms in total. The molecule has 2 rings (SSSR count). The molecule has 124 valence electrons. The minimum atomic E-state index is -0.582. The highest BCUT2D eigenvalue weighted by Crippen LogP contribution is 2.25. The fourth-order valence-electron chi connectivity index (χ4n) is 2.19. The number of rotatable bonds is 6. The Morgan fingerprint density at radius 2 is 1.42 bits per heavy atom. The normalized spacial score (nSPS) is 11.5. The first-order valence-corrected chi connectivity index (χ1v) is 7.13. The molecule has 0 aliphatic heterocycles. The molecule has 1 unspecified atom stereocenters. The lowest BCUT2D eigenvalue weighted by Gasteiger charge is -2.14. The van der Waals surface area contributed by atoms with Crippen LogP contribution in [-0.4, -0.2) is 15.8 Å². The number of benzene rings is 2. The molecule has 0 aliphatic rings. The Morgan fingerprint density at radius 1 is 0.958 bits per heavy atom. The maximum Gasteiger partial charge on any atom is 0.318 e. The molecule has 0 aromatic heterocycles. The van der Waals surface area contributed by atoms with Crippen LogP contribution in [0.3, 0.4) is 0 Å². The maximum atomic E-state index is 12.3. The van der Waals surface area contributed by atoms with Crippen LogP contribution < -0.4 is 4.74 Å². The van der Waals surface area contributed by atoms with Crippen molar-refractivity contribution in [3.8, 4) is 5.75 Å². The van der Waals surface area contributed by atoms with E-state index >= 15 is 0 Å². The largest absolute Gasteiger partial charge is 0.426 e. The third kappa shape index (κ3) is 3.92. The van der Waals surface area contributed by atoms with Gasteiger partial charge >= 0.3 is 5.97 Å². The molecule has 0 aliphatic carbocycles. The van der Waals surface area contributed by atoms with Crippen molar-refractivity contribution in [3.05, 3.63) is 74.3 Å². The van der Waals surface area contributed by atoms with Crippen LogP contribution in [0.15, 0.2) is 48.5 Å². The summed E-state index contributed by atoms with van der Waals surface area (Å²) in [7, 11) is 0. The minimum Gasteiger partial charge on any atom is -0.426 e. The highest BCUT2D eigenvalue weighted by molar-refractivity contribution is 5.80. The van der Waals surface area contributed by atoms with Gasteiger partial charge in [-0.05, 0) is 24.1 Å². The molecular weight excluding hydrogens is 316 g/mol. The molecule has 0 heterocycles. The predicted octanol–water partition coefficient (Wildman–Crippen LogP) is 3.60. The lowest BCUT2D eigenvalue weighted by atomic mass is 9.96. The van der Waals surface area contributed by atoms with Gasteiger partial charge in [-0.1, -0.05) is 19.1 Å². The number of carbonyl (C=O) groups is 1. The monoisotopic (exact) mass is 330 g/mol.